The van der Waals surface area contributed by atoms with Crippen molar-refractivity contribution in [1.82, 2.24) is 0 Å². The van der Waals surface area contributed by atoms with Gasteiger partial charge >= 0.3 is 5.97 Å². The van der Waals surface area contributed by atoms with Crippen molar-refractivity contribution < 1.29 is 14.3 Å². The Kier molecular flexibility index (Phi) is 4.08. The van der Waals surface area contributed by atoms with Gasteiger partial charge in [0.2, 0.25) is 0 Å². The van der Waals surface area contributed by atoms with Crippen molar-refractivity contribution in [3.63, 3.8) is 0 Å². The number of rotatable bonds is 7. The van der Waals surface area contributed by atoms with E-state index in [2.05, 4.69) is 11.7 Å². The largest absolute Gasteiger partial charge is 0.448 e. The van der Waals surface area contributed by atoms with Gasteiger partial charge in [0.15, 0.2) is 6.10 Å². The SMILES string of the molecule is CCCOCCCCC1OC1=O. The normalized spacial score (nSPS) is 20.8. The lowest BCUT2D eigenvalue weighted by atomic mass is 10.2. The van der Waals surface area contributed by atoms with Gasteiger partial charge in [0, 0.05) is 13.2 Å². The van der Waals surface area contributed by atoms with E-state index in [4.69, 9.17) is 4.74 Å². The minimum atomic E-state index is -0.0730. The summed E-state index contributed by atoms with van der Waals surface area (Å²) in [6.45, 7) is 3.75. The van der Waals surface area contributed by atoms with E-state index in [9.17, 15) is 4.79 Å². The molecule has 0 N–H and O–H groups in total. The Bertz CT molecular complexity index is 145. The highest BCUT2D eigenvalue weighted by Crippen LogP contribution is 2.18. The van der Waals surface area contributed by atoms with Crippen molar-refractivity contribution in [3.8, 4) is 0 Å². The molecule has 1 atom stereocenters. The van der Waals surface area contributed by atoms with E-state index in [-0.39, 0.29) is 12.1 Å². The maximum absolute atomic E-state index is 10.4. The van der Waals surface area contributed by atoms with E-state index in [1.807, 2.05) is 0 Å². The van der Waals surface area contributed by atoms with E-state index in [0.717, 1.165) is 38.9 Å². The Morgan fingerprint density at radius 1 is 1.42 bits per heavy atom. The zero-order valence-corrected chi connectivity index (χ0v) is 7.54. The van der Waals surface area contributed by atoms with Crippen molar-refractivity contribution in [2.45, 2.75) is 38.7 Å². The molecule has 1 saturated heterocycles. The van der Waals surface area contributed by atoms with E-state index in [1.54, 1.807) is 0 Å². The molecule has 0 aromatic heterocycles. The van der Waals surface area contributed by atoms with E-state index >= 15 is 0 Å². The summed E-state index contributed by atoms with van der Waals surface area (Å²) in [6, 6.07) is 0. The third-order valence-electron chi connectivity index (χ3n) is 1.82. The predicted molar refractivity (Wildman–Crippen MR) is 44.8 cm³/mol. The molecule has 0 bridgehead atoms. The van der Waals surface area contributed by atoms with Gasteiger partial charge in [-0.2, -0.15) is 0 Å². The lowest BCUT2D eigenvalue weighted by Gasteiger charge is -1.99. The van der Waals surface area contributed by atoms with Crippen LogP contribution < -0.4 is 0 Å². The summed E-state index contributed by atoms with van der Waals surface area (Å²) in [5.74, 6) is -0.0375. The van der Waals surface area contributed by atoms with Gasteiger partial charge in [0.25, 0.3) is 0 Å². The highest BCUT2D eigenvalue weighted by molar-refractivity contribution is 5.87. The van der Waals surface area contributed by atoms with E-state index in [1.165, 1.54) is 0 Å². The first-order valence-electron chi connectivity index (χ1n) is 4.63. The highest BCUT2D eigenvalue weighted by Gasteiger charge is 2.36. The lowest BCUT2D eigenvalue weighted by Crippen LogP contribution is -1.96. The van der Waals surface area contributed by atoms with Crippen LogP contribution in [0.4, 0.5) is 0 Å². The van der Waals surface area contributed by atoms with Crippen LogP contribution >= 0.6 is 0 Å². The Hall–Kier alpha value is -0.570. The van der Waals surface area contributed by atoms with Gasteiger partial charge in [-0.15, -0.1) is 0 Å². The van der Waals surface area contributed by atoms with E-state index in [0.29, 0.717) is 0 Å². The summed E-state index contributed by atoms with van der Waals surface area (Å²) in [6.07, 6.45) is 3.93. The molecule has 0 spiro atoms. The van der Waals surface area contributed by atoms with E-state index < -0.39 is 0 Å². The summed E-state index contributed by atoms with van der Waals surface area (Å²) >= 11 is 0. The van der Waals surface area contributed by atoms with Gasteiger partial charge in [-0.1, -0.05) is 6.92 Å². The molecule has 0 amide bonds. The van der Waals surface area contributed by atoms with Crippen molar-refractivity contribution in [1.29, 1.82) is 0 Å². The summed E-state index contributed by atoms with van der Waals surface area (Å²) in [7, 11) is 0. The number of ether oxygens (including phenoxy) is 2. The minimum absolute atomic E-state index is 0.0375. The maximum Gasteiger partial charge on any atom is 0.348 e. The topological polar surface area (TPSA) is 38.8 Å². The number of carbonyl (C=O) groups excluding carboxylic acids is 1. The summed E-state index contributed by atoms with van der Waals surface area (Å²) in [5.41, 5.74) is 0. The third-order valence-corrected chi connectivity index (χ3v) is 1.82. The van der Waals surface area contributed by atoms with Gasteiger partial charge in [-0.05, 0) is 25.7 Å². The first-order valence-corrected chi connectivity index (χ1v) is 4.63. The molecular formula is C9H16O3. The molecule has 3 nitrogen and oxygen atoms in total. The smallest absolute Gasteiger partial charge is 0.348 e. The molecule has 1 unspecified atom stereocenters. The van der Waals surface area contributed by atoms with Crippen LogP contribution in [-0.2, 0) is 14.3 Å². The molecule has 0 aromatic carbocycles. The Balaban J connectivity index is 1.74. The summed E-state index contributed by atoms with van der Waals surface area (Å²) < 4.78 is 9.95. The van der Waals surface area contributed by atoms with Gasteiger partial charge in [0.1, 0.15) is 0 Å². The molecule has 0 radical (unpaired) electrons. The second-order valence-corrected chi connectivity index (χ2v) is 3.03. The second kappa shape index (κ2) is 5.14. The van der Waals surface area contributed by atoms with Crippen LogP contribution in [0.1, 0.15) is 32.6 Å². The van der Waals surface area contributed by atoms with Crippen molar-refractivity contribution >= 4 is 5.97 Å². The molecule has 0 aliphatic carbocycles. The minimum Gasteiger partial charge on any atom is -0.448 e. The van der Waals surface area contributed by atoms with Crippen molar-refractivity contribution in [3.05, 3.63) is 0 Å². The molecule has 1 fully saturated rings. The molecule has 12 heavy (non-hydrogen) atoms. The van der Waals surface area contributed by atoms with Crippen LogP contribution in [0.2, 0.25) is 0 Å². The molecular weight excluding hydrogens is 156 g/mol. The quantitative estimate of drug-likeness (QED) is 0.431. The van der Waals surface area contributed by atoms with Crippen molar-refractivity contribution in [2.24, 2.45) is 0 Å². The number of hydrogen-bond acceptors (Lipinski definition) is 3. The zero-order valence-electron chi connectivity index (χ0n) is 7.54. The van der Waals surface area contributed by atoms with Gasteiger partial charge in [-0.3, -0.25) is 0 Å². The fourth-order valence-electron chi connectivity index (χ4n) is 1.06. The Morgan fingerprint density at radius 2 is 2.17 bits per heavy atom. The van der Waals surface area contributed by atoms with Crippen LogP contribution in [0.15, 0.2) is 0 Å². The molecule has 1 heterocycles. The second-order valence-electron chi connectivity index (χ2n) is 3.03. The van der Waals surface area contributed by atoms with Crippen molar-refractivity contribution in [2.75, 3.05) is 13.2 Å². The monoisotopic (exact) mass is 172 g/mol. The zero-order chi connectivity index (χ0) is 8.81. The number of hydrogen-bond donors (Lipinski definition) is 0. The molecule has 3 heteroatoms. The summed E-state index contributed by atoms with van der Waals surface area (Å²) in [4.78, 5) is 10.4. The predicted octanol–water partition coefficient (Wildman–Crippen LogP) is 1.51. The van der Waals surface area contributed by atoms with Gasteiger partial charge in [-0.25, -0.2) is 4.79 Å². The highest BCUT2D eigenvalue weighted by atomic mass is 16.6. The maximum atomic E-state index is 10.4. The van der Waals surface area contributed by atoms with Crippen LogP contribution in [-0.4, -0.2) is 25.3 Å². The molecule has 1 aliphatic rings. The fraction of sp³-hybridized carbons (Fsp3) is 0.889. The molecule has 70 valence electrons. The van der Waals surface area contributed by atoms with Crippen LogP contribution in [0.5, 0.6) is 0 Å². The Morgan fingerprint density at radius 3 is 2.75 bits per heavy atom. The molecule has 1 rings (SSSR count). The molecule has 0 saturated carbocycles. The first kappa shape index (κ1) is 9.52. The number of epoxide rings is 1. The molecule has 0 aromatic rings. The number of unbranched alkanes of at least 4 members (excludes halogenated alkanes) is 1. The lowest BCUT2D eigenvalue weighted by molar-refractivity contribution is -0.117. The van der Waals surface area contributed by atoms with Gasteiger partial charge < -0.3 is 9.47 Å². The van der Waals surface area contributed by atoms with Crippen LogP contribution in [0.3, 0.4) is 0 Å². The average molecular weight is 172 g/mol. The Labute approximate surface area is 73.0 Å². The first-order chi connectivity index (χ1) is 5.84. The van der Waals surface area contributed by atoms with Gasteiger partial charge in [0.05, 0.1) is 0 Å². The average Bonchev–Trinajstić information content (AvgIpc) is 2.74. The van der Waals surface area contributed by atoms with Crippen LogP contribution in [0.25, 0.3) is 0 Å². The van der Waals surface area contributed by atoms with Crippen LogP contribution in [0, 0.1) is 0 Å². The molecule has 1 aliphatic heterocycles. The number of carbonyl (C=O) groups is 1. The standard InChI is InChI=1S/C9H16O3/c1-2-6-11-7-4-3-5-8-9(10)12-8/h8H,2-7H2,1H3. The number of cyclic esters (lactones) is 1. The third kappa shape index (κ3) is 3.72. The summed E-state index contributed by atoms with van der Waals surface area (Å²) in [5, 5.41) is 0. The fourth-order valence-corrected chi connectivity index (χ4v) is 1.06.